The van der Waals surface area contributed by atoms with E-state index >= 15 is 0 Å². The van der Waals surface area contributed by atoms with Gasteiger partial charge in [0.25, 0.3) is 0 Å². The van der Waals surface area contributed by atoms with Crippen LogP contribution in [0.5, 0.6) is 11.5 Å². The van der Waals surface area contributed by atoms with Crippen LogP contribution in [0.25, 0.3) is 66.8 Å². The number of phenols is 2. The number of thiocarbonyl (C=S) groups is 2. The maximum atomic E-state index is 12.6. The van der Waals surface area contributed by atoms with Crippen molar-refractivity contribution in [3.8, 4) is 56.4 Å². The van der Waals surface area contributed by atoms with Crippen LogP contribution >= 0.6 is 24.4 Å². The number of anilines is 2. The number of aromatic carboxylic acids is 2. The molecule has 8 N–H and O–H groups in total. The van der Waals surface area contributed by atoms with Crippen LogP contribution in [0.2, 0.25) is 0 Å². The van der Waals surface area contributed by atoms with Crippen molar-refractivity contribution in [3.63, 3.8) is 0 Å². The van der Waals surface area contributed by atoms with Crippen molar-refractivity contribution in [1.82, 2.24) is 10.6 Å². The first-order valence-corrected chi connectivity index (χ1v) is 18.9. The first-order chi connectivity index (χ1) is 28.8. The number of hydrogen-bond acceptors (Lipinski definition) is 10. The fraction of sp³-hybridized carbons (Fsp3) is 0.0455. The van der Waals surface area contributed by atoms with E-state index in [1.165, 1.54) is 60.7 Å². The lowest BCUT2D eigenvalue weighted by molar-refractivity contribution is 0.0687. The molecule has 0 saturated carbocycles. The topological polar surface area (TPSA) is 224 Å². The minimum Gasteiger partial charge on any atom is -0.508 e. The Hall–Kier alpha value is -7.82. The quantitative estimate of drug-likeness (QED) is 0.0400. The maximum Gasteiger partial charge on any atom is 0.336 e. The molecule has 2 heterocycles. The molecule has 0 amide bonds. The fourth-order valence-corrected chi connectivity index (χ4v) is 7.48. The zero-order valence-electron chi connectivity index (χ0n) is 30.9. The highest BCUT2D eigenvalue weighted by molar-refractivity contribution is 7.80. The monoisotopic (exact) mass is 838 g/mol. The molecule has 0 fully saturated rings. The fourth-order valence-electron chi connectivity index (χ4n) is 7.04. The number of fused-ring (bicyclic) bond motifs is 4. The Morgan fingerprint density at radius 1 is 0.517 bits per heavy atom. The predicted octanol–water partition coefficient (Wildman–Crippen LogP) is 7.52. The van der Waals surface area contributed by atoms with Crippen molar-refractivity contribution >= 4 is 79.9 Å². The number of carbonyl (C=O) groups is 2. The van der Waals surface area contributed by atoms with E-state index in [0.717, 1.165) is 0 Å². The molecule has 4 aromatic rings. The average Bonchev–Trinajstić information content (AvgIpc) is 3.20. The molecule has 0 saturated heterocycles. The van der Waals surface area contributed by atoms with E-state index in [9.17, 15) is 39.6 Å². The number of hydrogen-bond donors (Lipinski definition) is 8. The highest BCUT2D eigenvalue weighted by atomic mass is 32.1. The summed E-state index contributed by atoms with van der Waals surface area (Å²) in [5.41, 5.74) is 3.41. The smallest absolute Gasteiger partial charge is 0.336 e. The summed E-state index contributed by atoms with van der Waals surface area (Å²) in [6.07, 6.45) is 0. The van der Waals surface area contributed by atoms with Gasteiger partial charge in [0, 0.05) is 81.8 Å². The Kier molecular flexibility index (Phi) is 10.3. The number of phenolic OH excluding ortho intramolecular Hbond substituents is 2. The molecule has 4 aromatic carbocycles. The second kappa shape index (κ2) is 15.8. The molecule has 14 nitrogen and oxygen atoms in total. The second-order valence-corrected chi connectivity index (χ2v) is 14.3. The molecule has 4 aliphatic rings. The predicted molar refractivity (Wildman–Crippen MR) is 235 cm³/mol. The van der Waals surface area contributed by atoms with Crippen LogP contribution in [0, 0.1) is 0 Å². The Bertz CT molecular complexity index is 2930. The normalized spacial score (nSPS) is 11.1. The van der Waals surface area contributed by atoms with Gasteiger partial charge in [-0.2, -0.15) is 0 Å². The van der Waals surface area contributed by atoms with E-state index in [2.05, 4.69) is 21.3 Å². The van der Waals surface area contributed by atoms with Crippen LogP contribution in [-0.4, -0.2) is 55.7 Å². The summed E-state index contributed by atoms with van der Waals surface area (Å²) in [6, 6.07) is 26.9. The number of nitrogens with one attached hydrogen (secondary N) is 4. The Morgan fingerprint density at radius 2 is 0.917 bits per heavy atom. The average molecular weight is 839 g/mol. The third-order valence-corrected chi connectivity index (χ3v) is 10.1. The molecule has 0 atom stereocenters. The van der Waals surface area contributed by atoms with E-state index in [1.807, 2.05) is 0 Å². The molecule has 0 radical (unpaired) electrons. The molecule has 2 aliphatic heterocycles. The van der Waals surface area contributed by atoms with Crippen molar-refractivity contribution in [2.75, 3.05) is 23.7 Å². The Morgan fingerprint density at radius 3 is 1.32 bits per heavy atom. The van der Waals surface area contributed by atoms with Gasteiger partial charge in [-0.15, -0.1) is 0 Å². The molecule has 2 aliphatic carbocycles. The van der Waals surface area contributed by atoms with Crippen LogP contribution in [0.4, 0.5) is 11.4 Å². The second-order valence-electron chi connectivity index (χ2n) is 13.5. The van der Waals surface area contributed by atoms with Crippen molar-refractivity contribution < 1.29 is 38.8 Å². The summed E-state index contributed by atoms with van der Waals surface area (Å²) in [5, 5.41) is 54.3. The van der Waals surface area contributed by atoms with E-state index < -0.39 is 11.9 Å². The van der Waals surface area contributed by atoms with Gasteiger partial charge in [0.05, 0.1) is 11.1 Å². The van der Waals surface area contributed by atoms with Gasteiger partial charge in [0.15, 0.2) is 21.1 Å². The van der Waals surface area contributed by atoms with Crippen molar-refractivity contribution in [1.29, 1.82) is 0 Å². The zero-order chi connectivity index (χ0) is 42.2. The van der Waals surface area contributed by atoms with Crippen LogP contribution in [0.1, 0.15) is 20.7 Å². The van der Waals surface area contributed by atoms with Gasteiger partial charge in [0.1, 0.15) is 34.2 Å². The first kappa shape index (κ1) is 39.0. The van der Waals surface area contributed by atoms with E-state index in [0.29, 0.717) is 55.5 Å². The van der Waals surface area contributed by atoms with E-state index in [-0.39, 0.29) is 79.5 Å². The molecule has 298 valence electrons. The summed E-state index contributed by atoms with van der Waals surface area (Å²) in [7, 11) is 0. The number of aromatic hydroxyl groups is 2. The highest BCUT2D eigenvalue weighted by Crippen LogP contribution is 2.44. The number of carboxylic acid groups (broad SMARTS) is 2. The van der Waals surface area contributed by atoms with Gasteiger partial charge in [-0.05, 0) is 108 Å². The lowest BCUT2D eigenvalue weighted by Gasteiger charge is -2.18. The number of benzene rings is 6. The Labute approximate surface area is 349 Å². The third kappa shape index (κ3) is 7.75. The molecule has 16 heteroatoms. The van der Waals surface area contributed by atoms with Crippen LogP contribution in [-0.2, 0) is 0 Å². The Balaban J connectivity index is 0.937. The SMILES string of the molecule is O=C(O)c1cc(NC(=S)NCCNC(=S)Nc2ccc(-c3c4ccc(=O)cc-4oc4cc(O)ccc34)c(C(=O)O)c2)ccc1-c1c2ccc(=O)cc-2oc2cc(O)ccc12. The van der Waals surface area contributed by atoms with Gasteiger partial charge in [-0.1, -0.05) is 12.1 Å². The van der Waals surface area contributed by atoms with Gasteiger partial charge in [-0.25, -0.2) is 9.59 Å². The van der Waals surface area contributed by atoms with Crippen molar-refractivity contribution in [2.45, 2.75) is 0 Å². The number of carboxylic acids is 2. The van der Waals surface area contributed by atoms with Crippen molar-refractivity contribution in [2.24, 2.45) is 0 Å². The summed E-state index contributed by atoms with van der Waals surface area (Å²) in [6.45, 7) is 0.577. The van der Waals surface area contributed by atoms with Gasteiger partial charge in [-0.3, -0.25) is 9.59 Å². The highest BCUT2D eigenvalue weighted by Gasteiger charge is 2.24. The summed E-state index contributed by atoms with van der Waals surface area (Å²) >= 11 is 10.9. The third-order valence-electron chi connectivity index (χ3n) is 9.60. The maximum absolute atomic E-state index is 12.6. The molecular weight excluding hydrogens is 809 g/mol. The molecular formula is C44H30N4O10S2. The van der Waals surface area contributed by atoms with Crippen LogP contribution in [0.3, 0.4) is 0 Å². The summed E-state index contributed by atoms with van der Waals surface area (Å²) in [5.74, 6) is -2.06. The number of rotatable bonds is 9. The molecule has 8 rings (SSSR count). The lowest BCUT2D eigenvalue weighted by atomic mass is 9.90. The van der Waals surface area contributed by atoms with Crippen LogP contribution in [0.15, 0.2) is 128 Å². The van der Waals surface area contributed by atoms with Gasteiger partial charge >= 0.3 is 11.9 Å². The van der Waals surface area contributed by atoms with Crippen molar-refractivity contribution in [3.05, 3.63) is 141 Å². The summed E-state index contributed by atoms with van der Waals surface area (Å²) in [4.78, 5) is 49.5. The summed E-state index contributed by atoms with van der Waals surface area (Å²) < 4.78 is 11.8. The minimum absolute atomic E-state index is 0.0489. The molecule has 0 aromatic heterocycles. The zero-order valence-corrected chi connectivity index (χ0v) is 32.5. The molecule has 0 spiro atoms. The first-order valence-electron chi connectivity index (χ1n) is 18.1. The molecule has 0 bridgehead atoms. The van der Waals surface area contributed by atoms with Crippen LogP contribution < -0.4 is 32.1 Å². The minimum atomic E-state index is -1.21. The van der Waals surface area contributed by atoms with E-state index in [1.54, 1.807) is 48.5 Å². The molecule has 60 heavy (non-hydrogen) atoms. The van der Waals surface area contributed by atoms with E-state index in [4.69, 9.17) is 33.3 Å². The largest absolute Gasteiger partial charge is 0.508 e. The molecule has 0 unspecified atom stereocenters. The van der Waals surface area contributed by atoms with Gasteiger partial charge in [0.2, 0.25) is 0 Å². The standard InChI is InChI=1S/C44H30N4O10S2/c49-23-3-9-29-35(17-23)57-36-18-24(50)4-10-30(36)39(29)27-7-1-21(15-33(27)41(53)54)47-43(59)45-13-14-46-44(60)48-22-2-8-28(34(16-22)42(55)56)40-31-11-5-25(51)19-37(31)58-38-20-26(52)6-12-32(38)40/h1-12,15-20,49,51H,13-14H2,(H,53,54)(H,55,56)(H2,45,47,59)(H2,46,48,60). The van der Waals surface area contributed by atoms with Gasteiger partial charge < -0.3 is 50.5 Å². The lowest BCUT2D eigenvalue weighted by Crippen LogP contribution is -2.38.